The quantitative estimate of drug-likeness (QED) is 0.177. The number of rotatable bonds is 7. The van der Waals surface area contributed by atoms with Gasteiger partial charge in [0.2, 0.25) is 0 Å². The number of fused-ring (bicyclic) bond motifs is 5. The first-order valence-corrected chi connectivity index (χ1v) is 18.1. The van der Waals surface area contributed by atoms with Crippen LogP contribution in [-0.2, 0) is 38.0 Å². The Balaban J connectivity index is 0.985. The third kappa shape index (κ3) is 5.66. The van der Waals surface area contributed by atoms with Gasteiger partial charge >= 0.3 is 5.97 Å². The molecular formula is C36H54O12. The fraction of sp³-hybridized carbons (Fsp3) is 0.889. The Labute approximate surface area is 282 Å². The van der Waals surface area contributed by atoms with E-state index in [0.717, 1.165) is 50.5 Å². The molecule has 12 nitrogen and oxygen atoms in total. The van der Waals surface area contributed by atoms with Gasteiger partial charge in [-0.1, -0.05) is 13.8 Å². The molecule has 0 aromatic carbocycles. The molecule has 4 aliphatic carbocycles. The van der Waals surface area contributed by atoms with Crippen LogP contribution in [0.1, 0.15) is 91.9 Å². The highest BCUT2D eigenvalue weighted by Crippen LogP contribution is 2.70. The molecule has 4 saturated carbocycles. The highest BCUT2D eigenvalue weighted by Gasteiger charge is 2.71. The van der Waals surface area contributed by atoms with Crippen LogP contribution >= 0.6 is 0 Å². The summed E-state index contributed by atoms with van der Waals surface area (Å²) in [4.78, 5) is 23.6. The average molecular weight is 679 g/mol. The largest absolute Gasteiger partial charge is 0.464 e. The van der Waals surface area contributed by atoms with Crippen LogP contribution in [0.4, 0.5) is 0 Å². The van der Waals surface area contributed by atoms with E-state index in [1.54, 1.807) is 6.92 Å². The van der Waals surface area contributed by atoms with Gasteiger partial charge < -0.3 is 48.8 Å². The van der Waals surface area contributed by atoms with Crippen molar-refractivity contribution in [2.24, 2.45) is 34.5 Å². The molecule has 4 N–H and O–H groups in total. The Morgan fingerprint density at radius 2 is 1.62 bits per heavy atom. The van der Waals surface area contributed by atoms with Gasteiger partial charge in [-0.15, -0.1) is 0 Å². The lowest BCUT2D eigenvalue weighted by Crippen LogP contribution is -2.62. The lowest BCUT2D eigenvalue weighted by Gasteiger charge is -2.63. The molecule has 0 radical (unpaired) electrons. The predicted octanol–water partition coefficient (Wildman–Crippen LogP) is 2.52. The van der Waals surface area contributed by atoms with E-state index in [4.69, 9.17) is 28.4 Å². The fourth-order valence-electron chi connectivity index (χ4n) is 11.5. The topological polar surface area (TPSA) is 170 Å². The number of carbonyl (C=O) groups excluding carboxylic acids is 2. The second-order valence-electron chi connectivity index (χ2n) is 16.4. The molecule has 7 rings (SSSR count). The zero-order valence-corrected chi connectivity index (χ0v) is 28.6. The van der Waals surface area contributed by atoms with Crippen LogP contribution in [0.3, 0.4) is 0 Å². The number of hydrogen-bond acceptors (Lipinski definition) is 12. The van der Waals surface area contributed by atoms with Crippen molar-refractivity contribution < 1.29 is 58.4 Å². The first kappa shape index (κ1) is 34.8. The molecule has 0 aromatic heterocycles. The van der Waals surface area contributed by atoms with Crippen LogP contribution in [0.15, 0.2) is 11.6 Å². The minimum Gasteiger partial charge on any atom is -0.464 e. The monoisotopic (exact) mass is 678 g/mol. The normalized spacial score (nSPS) is 53.6. The second-order valence-corrected chi connectivity index (χ2v) is 16.4. The molecule has 2 saturated heterocycles. The zero-order chi connectivity index (χ0) is 34.2. The van der Waals surface area contributed by atoms with Crippen LogP contribution in [-0.4, -0.2) is 106 Å². The van der Waals surface area contributed by atoms with Crippen LogP contribution in [0.2, 0.25) is 0 Å². The third-order valence-electron chi connectivity index (χ3n) is 14.1. The van der Waals surface area contributed by atoms with Crippen molar-refractivity contribution in [3.8, 4) is 0 Å². The number of esters is 1. The van der Waals surface area contributed by atoms with Gasteiger partial charge in [-0.25, -0.2) is 4.79 Å². The van der Waals surface area contributed by atoms with Crippen LogP contribution < -0.4 is 0 Å². The summed E-state index contributed by atoms with van der Waals surface area (Å²) in [5.41, 5.74) is -0.718. The van der Waals surface area contributed by atoms with E-state index in [9.17, 15) is 30.0 Å². The van der Waals surface area contributed by atoms with Gasteiger partial charge in [0.05, 0.1) is 36.1 Å². The van der Waals surface area contributed by atoms with Gasteiger partial charge in [0.25, 0.3) is 6.47 Å². The minimum absolute atomic E-state index is 0.00864. The van der Waals surface area contributed by atoms with Gasteiger partial charge in [0.1, 0.15) is 24.9 Å². The van der Waals surface area contributed by atoms with Gasteiger partial charge in [-0.3, -0.25) is 4.79 Å². The Bertz CT molecular complexity index is 1240. The molecule has 0 unspecified atom stereocenters. The maximum Gasteiger partial charge on any atom is 0.331 e. The molecular weight excluding hydrogens is 624 g/mol. The molecule has 270 valence electrons. The van der Waals surface area contributed by atoms with E-state index in [2.05, 4.69) is 13.8 Å². The number of aliphatic hydroxyl groups is 4. The summed E-state index contributed by atoms with van der Waals surface area (Å²) in [7, 11) is 0. The van der Waals surface area contributed by atoms with Crippen molar-refractivity contribution in [2.45, 2.75) is 159 Å². The van der Waals surface area contributed by atoms with Crippen LogP contribution in [0.25, 0.3) is 0 Å². The molecule has 3 heterocycles. The lowest BCUT2D eigenvalue weighted by atomic mass is 9.43. The third-order valence-corrected chi connectivity index (χ3v) is 14.1. The minimum atomic E-state index is -1.03. The number of hydrogen-bond donors (Lipinski definition) is 4. The molecule has 0 amide bonds. The van der Waals surface area contributed by atoms with E-state index >= 15 is 0 Å². The molecule has 0 aromatic rings. The van der Waals surface area contributed by atoms with Crippen molar-refractivity contribution in [3.05, 3.63) is 11.6 Å². The van der Waals surface area contributed by atoms with Crippen molar-refractivity contribution in [1.29, 1.82) is 0 Å². The summed E-state index contributed by atoms with van der Waals surface area (Å²) in [5, 5.41) is 43.9. The number of aliphatic hydroxyl groups excluding tert-OH is 3. The molecule has 0 spiro atoms. The summed E-state index contributed by atoms with van der Waals surface area (Å²) in [6.07, 6.45) is 2.26. The Hall–Kier alpha value is -1.64. The van der Waals surface area contributed by atoms with Crippen LogP contribution in [0.5, 0.6) is 0 Å². The molecule has 48 heavy (non-hydrogen) atoms. The highest BCUT2D eigenvalue weighted by molar-refractivity contribution is 5.85. The zero-order valence-electron chi connectivity index (χ0n) is 28.6. The highest BCUT2D eigenvalue weighted by atomic mass is 16.7. The first-order chi connectivity index (χ1) is 22.8. The predicted molar refractivity (Wildman–Crippen MR) is 168 cm³/mol. The van der Waals surface area contributed by atoms with E-state index in [-0.39, 0.29) is 48.8 Å². The average Bonchev–Trinajstić information content (AvgIpc) is 3.54. The van der Waals surface area contributed by atoms with Crippen molar-refractivity contribution >= 4 is 12.4 Å². The van der Waals surface area contributed by atoms with Crippen molar-refractivity contribution in [2.75, 3.05) is 6.61 Å². The summed E-state index contributed by atoms with van der Waals surface area (Å²) < 4.78 is 35.4. The van der Waals surface area contributed by atoms with E-state index in [1.165, 1.54) is 6.08 Å². The smallest absolute Gasteiger partial charge is 0.331 e. The van der Waals surface area contributed by atoms with Gasteiger partial charge in [0, 0.05) is 36.7 Å². The summed E-state index contributed by atoms with van der Waals surface area (Å²) >= 11 is 0. The Morgan fingerprint density at radius 1 is 0.896 bits per heavy atom. The maximum atomic E-state index is 12.7. The summed E-state index contributed by atoms with van der Waals surface area (Å²) in [6, 6.07) is 0. The van der Waals surface area contributed by atoms with Crippen LogP contribution in [0, 0.1) is 34.5 Å². The Kier molecular flexibility index (Phi) is 9.31. The number of carbonyl (C=O) groups is 2. The van der Waals surface area contributed by atoms with Gasteiger partial charge in [-0.05, 0) is 87.5 Å². The second kappa shape index (κ2) is 12.8. The van der Waals surface area contributed by atoms with E-state index < -0.39 is 66.3 Å². The van der Waals surface area contributed by atoms with Crippen molar-refractivity contribution in [3.63, 3.8) is 0 Å². The molecule has 0 bridgehead atoms. The van der Waals surface area contributed by atoms with E-state index in [0.29, 0.717) is 24.7 Å². The summed E-state index contributed by atoms with van der Waals surface area (Å²) in [6.45, 7) is 8.69. The Morgan fingerprint density at radius 3 is 2.31 bits per heavy atom. The SMILES string of the molecule is C[C@H]1O[C@@H](O[C@H]2[C@@H](O)C[C@H](O[C@H]3CC[C@@]4(C)[C@H](CC[C@@H]5[C@@H]4CC[C@]4(C)[C@@H](C6=CC(=O)OC6)[C@@H](OC=O)C[C@]54O)C3)O[C@@H]2C)C[C@H](O)[C@@H]1O. The molecule has 3 aliphatic heterocycles. The number of cyclic esters (lactones) is 1. The lowest BCUT2D eigenvalue weighted by molar-refractivity contribution is -0.318. The van der Waals surface area contributed by atoms with E-state index in [1.807, 2.05) is 6.92 Å². The number of ether oxygens (including phenoxy) is 6. The molecule has 17 atom stereocenters. The van der Waals surface area contributed by atoms with Gasteiger partial charge in [0.15, 0.2) is 12.6 Å². The molecule has 12 heteroatoms. The maximum absolute atomic E-state index is 12.7. The van der Waals surface area contributed by atoms with Crippen molar-refractivity contribution in [1.82, 2.24) is 0 Å². The van der Waals surface area contributed by atoms with Gasteiger partial charge in [-0.2, -0.15) is 0 Å². The summed E-state index contributed by atoms with van der Waals surface area (Å²) in [5.74, 6) is 0.160. The fourth-order valence-corrected chi connectivity index (χ4v) is 11.5. The first-order valence-electron chi connectivity index (χ1n) is 18.1. The standard InChI is InChI=1S/C36H54O12/c1-18-32(41)25(38)13-30(45-18)48-33-19(2)46-29(14-26(33)39)47-22-7-9-34(3)21(12-22)5-6-24-23(34)8-10-35(4)31(20-11-28(40)43-16-20)27(44-17-37)15-36(24,35)42/h11,17-19,21-27,29-33,38-39,41-42H,5-10,12-16H2,1-4H3/t18-,19-,21-,22+,23+,24-,25+,26+,27+,29+,30+,31+,32-,33-,34+,35-,36+/m1/s1. The molecule has 7 aliphatic rings. The molecule has 6 fully saturated rings.